The molecular formula is C22H22Cl2O4S. The van der Waals surface area contributed by atoms with Crippen LogP contribution in [0.2, 0.25) is 10.0 Å². The van der Waals surface area contributed by atoms with E-state index < -0.39 is 5.97 Å². The standard InChI is InChI=1S/C22H22Cl2O4S/c1-3-5-8-13(4-2)11-18(25)27-28-21-16(24)12-15(23)19-20(26)14-9-6-7-10-17(14)29-22(19)21/h6-7,9-10,12-13H,3-5,8,11H2,1-2H3. The van der Waals surface area contributed by atoms with Crippen LogP contribution in [0, 0.1) is 5.92 Å². The van der Waals surface area contributed by atoms with Gasteiger partial charge in [-0.05, 0) is 30.5 Å². The van der Waals surface area contributed by atoms with Gasteiger partial charge >= 0.3 is 5.97 Å². The lowest BCUT2D eigenvalue weighted by molar-refractivity contribution is -0.214. The largest absolute Gasteiger partial charge is 0.355 e. The van der Waals surface area contributed by atoms with Crippen LogP contribution in [0.3, 0.4) is 0 Å². The van der Waals surface area contributed by atoms with E-state index in [0.29, 0.717) is 15.5 Å². The molecule has 0 aliphatic carbocycles. The van der Waals surface area contributed by atoms with Crippen molar-refractivity contribution in [2.75, 3.05) is 0 Å². The third kappa shape index (κ3) is 4.85. The first-order valence-corrected chi connectivity index (χ1v) is 11.2. The molecule has 0 saturated carbocycles. The molecule has 0 spiro atoms. The number of benzene rings is 2. The Labute approximate surface area is 183 Å². The van der Waals surface area contributed by atoms with Crippen molar-refractivity contribution in [3.8, 4) is 5.75 Å². The monoisotopic (exact) mass is 452 g/mol. The molecule has 0 amide bonds. The van der Waals surface area contributed by atoms with E-state index in [1.54, 1.807) is 12.1 Å². The molecule has 3 aromatic rings. The maximum absolute atomic E-state index is 12.9. The summed E-state index contributed by atoms with van der Waals surface area (Å²) in [6.07, 6.45) is 4.30. The van der Waals surface area contributed by atoms with Gasteiger partial charge in [0.05, 0.1) is 26.6 Å². The minimum absolute atomic E-state index is 0.133. The molecule has 154 valence electrons. The van der Waals surface area contributed by atoms with Crippen molar-refractivity contribution in [3.05, 3.63) is 50.6 Å². The van der Waals surface area contributed by atoms with E-state index >= 15 is 0 Å². The Morgan fingerprint density at radius 1 is 1.17 bits per heavy atom. The molecular weight excluding hydrogens is 431 g/mol. The zero-order valence-electron chi connectivity index (χ0n) is 16.3. The second-order valence-electron chi connectivity index (χ2n) is 6.96. The Balaban J connectivity index is 1.91. The molecule has 1 aromatic heterocycles. The molecule has 29 heavy (non-hydrogen) atoms. The summed E-state index contributed by atoms with van der Waals surface area (Å²) >= 11 is 13.9. The maximum Gasteiger partial charge on any atom is 0.355 e. The van der Waals surface area contributed by atoms with Crippen molar-refractivity contribution < 1.29 is 14.6 Å². The molecule has 1 unspecified atom stereocenters. The van der Waals surface area contributed by atoms with E-state index in [0.717, 1.165) is 30.4 Å². The number of hydrogen-bond donors (Lipinski definition) is 0. The summed E-state index contributed by atoms with van der Waals surface area (Å²) in [4.78, 5) is 35.6. The highest BCUT2D eigenvalue weighted by Gasteiger charge is 2.20. The average molecular weight is 453 g/mol. The highest BCUT2D eigenvalue weighted by molar-refractivity contribution is 7.25. The SMILES string of the molecule is CCCCC(CC)CC(=O)OOc1c(Cl)cc(Cl)c2c(=O)c3ccccc3sc12. The fourth-order valence-corrected chi connectivity index (χ4v) is 5.13. The molecule has 1 atom stereocenters. The van der Waals surface area contributed by atoms with Crippen molar-refractivity contribution in [2.24, 2.45) is 5.92 Å². The topological polar surface area (TPSA) is 52.6 Å². The van der Waals surface area contributed by atoms with E-state index in [1.807, 2.05) is 12.1 Å². The van der Waals surface area contributed by atoms with Gasteiger partial charge in [-0.25, -0.2) is 4.79 Å². The molecule has 0 N–H and O–H groups in total. The smallest absolute Gasteiger partial charge is 0.288 e. The molecule has 0 radical (unpaired) electrons. The molecule has 2 aromatic carbocycles. The van der Waals surface area contributed by atoms with Crippen molar-refractivity contribution in [1.29, 1.82) is 0 Å². The predicted octanol–water partition coefficient (Wildman–Crippen LogP) is 7.17. The lowest BCUT2D eigenvalue weighted by Crippen LogP contribution is -2.14. The third-order valence-electron chi connectivity index (χ3n) is 4.93. The number of carbonyl (C=O) groups excluding carboxylic acids is 1. The van der Waals surface area contributed by atoms with Crippen molar-refractivity contribution in [1.82, 2.24) is 0 Å². The second-order valence-corrected chi connectivity index (χ2v) is 8.83. The molecule has 1 heterocycles. The van der Waals surface area contributed by atoms with Crippen LogP contribution in [0.1, 0.15) is 46.0 Å². The fourth-order valence-electron chi connectivity index (χ4n) is 3.26. The van der Waals surface area contributed by atoms with Crippen molar-refractivity contribution in [3.63, 3.8) is 0 Å². The van der Waals surface area contributed by atoms with Crippen molar-refractivity contribution >= 4 is 60.7 Å². The van der Waals surface area contributed by atoms with Gasteiger partial charge in [0.1, 0.15) is 0 Å². The summed E-state index contributed by atoms with van der Waals surface area (Å²) in [6, 6.07) is 8.67. The minimum Gasteiger partial charge on any atom is -0.288 e. The van der Waals surface area contributed by atoms with Crippen molar-refractivity contribution in [2.45, 2.75) is 46.0 Å². The number of carbonyl (C=O) groups is 1. The first-order valence-electron chi connectivity index (χ1n) is 9.67. The molecule has 3 rings (SSSR count). The molecule has 0 aliphatic rings. The van der Waals surface area contributed by atoms with Crippen LogP contribution in [0.25, 0.3) is 20.2 Å². The van der Waals surface area contributed by atoms with Gasteiger partial charge in [0.25, 0.3) is 0 Å². The van der Waals surface area contributed by atoms with Gasteiger partial charge in [0, 0.05) is 10.1 Å². The Hall–Kier alpha value is -1.82. The lowest BCUT2D eigenvalue weighted by atomic mass is 9.96. The van der Waals surface area contributed by atoms with Crippen LogP contribution < -0.4 is 10.3 Å². The molecule has 4 nitrogen and oxygen atoms in total. The summed E-state index contributed by atoms with van der Waals surface area (Å²) in [5.41, 5.74) is -0.210. The van der Waals surface area contributed by atoms with E-state index in [9.17, 15) is 9.59 Å². The normalized spacial score (nSPS) is 12.3. The van der Waals surface area contributed by atoms with Gasteiger partial charge in [-0.2, -0.15) is 0 Å². The quantitative estimate of drug-likeness (QED) is 0.206. The van der Waals surface area contributed by atoms with Gasteiger partial charge in [-0.1, -0.05) is 68.4 Å². The number of hydrogen-bond acceptors (Lipinski definition) is 5. The van der Waals surface area contributed by atoms with Crippen LogP contribution in [-0.2, 0) is 9.68 Å². The van der Waals surface area contributed by atoms with E-state index in [1.165, 1.54) is 17.4 Å². The number of rotatable bonds is 8. The average Bonchev–Trinajstić information content (AvgIpc) is 2.70. The first-order chi connectivity index (χ1) is 14.0. The lowest BCUT2D eigenvalue weighted by Gasteiger charge is -2.14. The third-order valence-corrected chi connectivity index (χ3v) is 6.68. The van der Waals surface area contributed by atoms with E-state index in [4.69, 9.17) is 33.0 Å². The van der Waals surface area contributed by atoms with Gasteiger partial charge in [0.2, 0.25) is 5.75 Å². The zero-order chi connectivity index (χ0) is 21.0. The number of fused-ring (bicyclic) bond motifs is 2. The molecule has 0 bridgehead atoms. The summed E-state index contributed by atoms with van der Waals surface area (Å²) in [5, 5.41) is 1.29. The maximum atomic E-state index is 12.9. The fraction of sp³-hybridized carbons (Fsp3) is 0.364. The molecule has 0 fully saturated rings. The van der Waals surface area contributed by atoms with Gasteiger partial charge < -0.3 is 0 Å². The van der Waals surface area contributed by atoms with E-state index in [-0.39, 0.29) is 33.6 Å². The van der Waals surface area contributed by atoms with Gasteiger partial charge in [-0.3, -0.25) is 14.6 Å². The van der Waals surface area contributed by atoms with Gasteiger partial charge in [-0.15, -0.1) is 11.3 Å². The Kier molecular flexibility index (Phi) is 7.38. The minimum atomic E-state index is -0.458. The zero-order valence-corrected chi connectivity index (χ0v) is 18.6. The van der Waals surface area contributed by atoms with Crippen LogP contribution in [0.15, 0.2) is 35.1 Å². The first kappa shape index (κ1) is 21.9. The summed E-state index contributed by atoms with van der Waals surface area (Å²) < 4.78 is 1.22. The van der Waals surface area contributed by atoms with E-state index in [2.05, 4.69) is 13.8 Å². The van der Waals surface area contributed by atoms with Crippen LogP contribution in [-0.4, -0.2) is 5.97 Å². The predicted molar refractivity (Wildman–Crippen MR) is 120 cm³/mol. The van der Waals surface area contributed by atoms with Crippen LogP contribution >= 0.6 is 34.5 Å². The van der Waals surface area contributed by atoms with Gasteiger partial charge in [0.15, 0.2) is 5.43 Å². The molecule has 0 saturated heterocycles. The summed E-state index contributed by atoms with van der Waals surface area (Å²) in [6.45, 7) is 4.18. The summed E-state index contributed by atoms with van der Waals surface area (Å²) in [5.74, 6) is -0.0717. The highest BCUT2D eigenvalue weighted by atomic mass is 35.5. The van der Waals surface area contributed by atoms with Crippen LogP contribution in [0.5, 0.6) is 5.75 Å². The Morgan fingerprint density at radius 2 is 1.93 bits per heavy atom. The summed E-state index contributed by atoms with van der Waals surface area (Å²) in [7, 11) is 0. The molecule has 7 heteroatoms. The highest BCUT2D eigenvalue weighted by Crippen LogP contribution is 2.41. The Morgan fingerprint density at radius 3 is 2.66 bits per heavy atom. The Bertz CT molecular complexity index is 1090. The second kappa shape index (κ2) is 9.79. The van der Waals surface area contributed by atoms with Crippen LogP contribution in [0.4, 0.5) is 0 Å². The number of halogens is 2. The molecule has 0 aliphatic heterocycles. The number of unbranched alkanes of at least 4 members (excludes halogenated alkanes) is 1.